The molecule has 1 saturated heterocycles. The smallest absolute Gasteiger partial charge is 0.326 e. The molecule has 4 rings (SSSR count). The van der Waals surface area contributed by atoms with Crippen molar-refractivity contribution in [3.8, 4) is 6.07 Å². The number of urea groups is 1. The Morgan fingerprint density at radius 1 is 1.13 bits per heavy atom. The summed E-state index contributed by atoms with van der Waals surface area (Å²) in [5, 5.41) is 12.7. The number of carbonyl (C=O) groups excluding carboxylic acids is 2. The molecule has 2 aromatic carbocycles. The minimum atomic E-state index is -0.189. The molecule has 1 N–H and O–H groups in total. The van der Waals surface area contributed by atoms with Crippen molar-refractivity contribution in [3.05, 3.63) is 82.4 Å². The molecule has 0 saturated carbocycles. The van der Waals surface area contributed by atoms with E-state index in [0.29, 0.717) is 41.8 Å². The molecule has 8 heteroatoms. The largest absolute Gasteiger partial charge is 0.351 e. The maximum atomic E-state index is 12.9. The van der Waals surface area contributed by atoms with E-state index in [1.807, 2.05) is 48.5 Å². The van der Waals surface area contributed by atoms with E-state index >= 15 is 0 Å². The number of hydrogen-bond acceptors (Lipinski definition) is 5. The molecule has 1 aliphatic heterocycles. The molecule has 0 aliphatic carbocycles. The normalized spacial score (nSPS) is 13.3. The fourth-order valence-corrected chi connectivity index (χ4v) is 4.28. The Kier molecular flexibility index (Phi) is 6.24. The highest BCUT2D eigenvalue weighted by atomic mass is 32.1. The molecule has 0 atom stereocenters. The maximum absolute atomic E-state index is 12.9. The molecule has 3 amide bonds. The zero-order chi connectivity index (χ0) is 21.6. The number of amides is 3. The molecule has 156 valence electrons. The number of hydrogen-bond donors (Lipinski definition) is 1. The van der Waals surface area contributed by atoms with Crippen molar-refractivity contribution in [2.75, 3.05) is 24.5 Å². The van der Waals surface area contributed by atoms with Gasteiger partial charge in [-0.25, -0.2) is 9.78 Å². The zero-order valence-electron chi connectivity index (χ0n) is 16.8. The molecule has 0 spiro atoms. The minimum Gasteiger partial charge on any atom is -0.351 e. The van der Waals surface area contributed by atoms with Crippen molar-refractivity contribution in [2.24, 2.45) is 0 Å². The Hall–Kier alpha value is -3.70. The van der Waals surface area contributed by atoms with E-state index in [9.17, 15) is 14.9 Å². The molecule has 7 nitrogen and oxygen atoms in total. The lowest BCUT2D eigenvalue weighted by atomic mass is 10.1. The molecule has 3 aromatic rings. The Morgan fingerprint density at radius 2 is 1.90 bits per heavy atom. The number of benzene rings is 2. The minimum absolute atomic E-state index is 0.168. The summed E-state index contributed by atoms with van der Waals surface area (Å²) in [7, 11) is 0. The zero-order valence-corrected chi connectivity index (χ0v) is 17.6. The highest BCUT2D eigenvalue weighted by Crippen LogP contribution is 2.27. The molecule has 31 heavy (non-hydrogen) atoms. The van der Waals surface area contributed by atoms with Gasteiger partial charge >= 0.3 is 6.03 Å². The van der Waals surface area contributed by atoms with E-state index in [1.54, 1.807) is 15.9 Å². The summed E-state index contributed by atoms with van der Waals surface area (Å²) in [5.41, 5.74) is 2.55. The molecular formula is C23H21N5O2S. The Balaban J connectivity index is 1.35. The van der Waals surface area contributed by atoms with Gasteiger partial charge < -0.3 is 10.2 Å². The van der Waals surface area contributed by atoms with Gasteiger partial charge in [0.15, 0.2) is 5.13 Å². The second-order valence-electron chi connectivity index (χ2n) is 7.12. The van der Waals surface area contributed by atoms with Gasteiger partial charge in [0.1, 0.15) is 4.88 Å². The van der Waals surface area contributed by atoms with Crippen LogP contribution in [0.1, 0.15) is 26.4 Å². The van der Waals surface area contributed by atoms with Crippen molar-refractivity contribution in [2.45, 2.75) is 13.0 Å². The monoisotopic (exact) mass is 431 g/mol. The number of nitrogens with zero attached hydrogens (tertiary/aromatic N) is 4. The van der Waals surface area contributed by atoms with Crippen LogP contribution in [-0.2, 0) is 13.0 Å². The maximum Gasteiger partial charge on any atom is 0.326 e. The topological polar surface area (TPSA) is 89.3 Å². The van der Waals surface area contributed by atoms with Crippen LogP contribution >= 0.6 is 11.3 Å². The van der Waals surface area contributed by atoms with E-state index in [4.69, 9.17) is 0 Å². The number of rotatable bonds is 7. The van der Waals surface area contributed by atoms with Gasteiger partial charge in [0.05, 0.1) is 17.8 Å². The second-order valence-corrected chi connectivity index (χ2v) is 8.13. The van der Waals surface area contributed by atoms with Gasteiger partial charge in [-0.15, -0.1) is 0 Å². The van der Waals surface area contributed by atoms with Crippen molar-refractivity contribution < 1.29 is 9.59 Å². The van der Waals surface area contributed by atoms with Gasteiger partial charge in [-0.2, -0.15) is 5.26 Å². The SMILES string of the molecule is N#Cc1ccccc1CN1CCN(c2ncc(C(=O)NCCc3ccccc3)s2)C1=O. The standard InChI is InChI=1S/C23H21N5O2S/c24-14-18-8-4-5-9-19(18)16-27-12-13-28(23(27)30)22-26-15-20(31-22)21(29)25-11-10-17-6-2-1-3-7-17/h1-9,15H,10-13,16H2,(H,25,29). The summed E-state index contributed by atoms with van der Waals surface area (Å²) in [6, 6.07) is 19.2. The summed E-state index contributed by atoms with van der Waals surface area (Å²) in [6.07, 6.45) is 2.26. The Morgan fingerprint density at radius 3 is 2.71 bits per heavy atom. The first-order valence-corrected chi connectivity index (χ1v) is 10.8. The van der Waals surface area contributed by atoms with Crippen LogP contribution in [0.3, 0.4) is 0 Å². The number of anilines is 1. The highest BCUT2D eigenvalue weighted by Gasteiger charge is 2.32. The highest BCUT2D eigenvalue weighted by molar-refractivity contribution is 7.17. The van der Waals surface area contributed by atoms with Crippen LogP contribution in [0, 0.1) is 11.3 Å². The van der Waals surface area contributed by atoms with E-state index in [0.717, 1.165) is 17.5 Å². The molecule has 0 radical (unpaired) electrons. The average molecular weight is 432 g/mol. The molecule has 1 aromatic heterocycles. The predicted molar refractivity (Wildman–Crippen MR) is 119 cm³/mol. The van der Waals surface area contributed by atoms with Crippen LogP contribution in [-0.4, -0.2) is 41.5 Å². The van der Waals surface area contributed by atoms with Crippen molar-refractivity contribution >= 4 is 28.4 Å². The van der Waals surface area contributed by atoms with Crippen LogP contribution in [0.5, 0.6) is 0 Å². The summed E-state index contributed by atoms with van der Waals surface area (Å²) >= 11 is 1.21. The predicted octanol–water partition coefficient (Wildman–Crippen LogP) is 3.43. The van der Waals surface area contributed by atoms with E-state index in [2.05, 4.69) is 16.4 Å². The lowest BCUT2D eigenvalue weighted by Crippen LogP contribution is -2.31. The average Bonchev–Trinajstić information content (AvgIpc) is 3.42. The van der Waals surface area contributed by atoms with E-state index in [-0.39, 0.29) is 11.9 Å². The Labute approximate surface area is 184 Å². The van der Waals surface area contributed by atoms with Gasteiger partial charge in [-0.1, -0.05) is 59.9 Å². The molecule has 0 bridgehead atoms. The summed E-state index contributed by atoms with van der Waals surface area (Å²) in [5.74, 6) is -0.189. The van der Waals surface area contributed by atoms with Crippen LogP contribution in [0.25, 0.3) is 0 Å². The van der Waals surface area contributed by atoms with Gasteiger partial charge in [0.25, 0.3) is 5.91 Å². The fourth-order valence-electron chi connectivity index (χ4n) is 3.43. The number of thiazole rings is 1. The summed E-state index contributed by atoms with van der Waals surface area (Å²) < 4.78 is 0. The first kappa shape index (κ1) is 20.6. The van der Waals surface area contributed by atoms with Gasteiger partial charge in [0, 0.05) is 26.2 Å². The van der Waals surface area contributed by atoms with E-state index < -0.39 is 0 Å². The first-order valence-electron chi connectivity index (χ1n) is 9.98. The van der Waals surface area contributed by atoms with Crippen molar-refractivity contribution in [1.82, 2.24) is 15.2 Å². The quantitative estimate of drug-likeness (QED) is 0.621. The van der Waals surface area contributed by atoms with Crippen LogP contribution < -0.4 is 10.2 Å². The third-order valence-electron chi connectivity index (χ3n) is 5.08. The number of carbonyl (C=O) groups is 2. The summed E-state index contributed by atoms with van der Waals surface area (Å²) in [6.45, 7) is 1.94. The fraction of sp³-hybridized carbons (Fsp3) is 0.217. The van der Waals surface area contributed by atoms with Crippen molar-refractivity contribution in [1.29, 1.82) is 5.26 Å². The lowest BCUT2D eigenvalue weighted by molar-refractivity contribution is 0.0958. The number of nitriles is 1. The van der Waals surface area contributed by atoms with Crippen LogP contribution in [0.2, 0.25) is 0 Å². The van der Waals surface area contributed by atoms with Gasteiger partial charge in [0.2, 0.25) is 0 Å². The van der Waals surface area contributed by atoms with Crippen molar-refractivity contribution in [3.63, 3.8) is 0 Å². The molecule has 1 fully saturated rings. The van der Waals surface area contributed by atoms with Crippen LogP contribution in [0.4, 0.5) is 9.93 Å². The second kappa shape index (κ2) is 9.41. The van der Waals surface area contributed by atoms with Gasteiger partial charge in [-0.05, 0) is 23.6 Å². The third kappa shape index (κ3) is 4.73. The van der Waals surface area contributed by atoms with Gasteiger partial charge in [-0.3, -0.25) is 9.69 Å². The number of nitrogens with one attached hydrogen (secondary N) is 1. The first-order chi connectivity index (χ1) is 15.2. The summed E-state index contributed by atoms with van der Waals surface area (Å²) in [4.78, 5) is 33.3. The number of aromatic nitrogens is 1. The molecule has 1 aliphatic rings. The molecule has 0 unspecified atom stereocenters. The van der Waals surface area contributed by atoms with Crippen LogP contribution in [0.15, 0.2) is 60.8 Å². The molecular weight excluding hydrogens is 410 g/mol. The third-order valence-corrected chi connectivity index (χ3v) is 6.10. The van der Waals surface area contributed by atoms with E-state index in [1.165, 1.54) is 17.5 Å². The lowest BCUT2D eigenvalue weighted by Gasteiger charge is -2.17. The Bertz CT molecular complexity index is 1120. The molecule has 2 heterocycles.